The zero-order valence-corrected chi connectivity index (χ0v) is 7.15. The minimum atomic E-state index is -0.457. The Labute approximate surface area is 70.7 Å². The van der Waals surface area contributed by atoms with Gasteiger partial charge in [-0.05, 0) is 14.1 Å². The van der Waals surface area contributed by atoms with Crippen LogP contribution in [0.3, 0.4) is 0 Å². The Bertz CT molecular complexity index is 217. The molecule has 5 heteroatoms. The van der Waals surface area contributed by atoms with Crippen LogP contribution < -0.4 is 0 Å². The summed E-state index contributed by atoms with van der Waals surface area (Å²) in [5, 5.41) is 0. The Kier molecular flexibility index (Phi) is 2.54. The van der Waals surface area contributed by atoms with Crippen LogP contribution in [0, 0.1) is 0 Å². The lowest BCUT2D eigenvalue weighted by Crippen LogP contribution is -2.36. The second-order valence-electron chi connectivity index (χ2n) is 2.83. The lowest BCUT2D eigenvalue weighted by molar-refractivity contribution is -0.120. The van der Waals surface area contributed by atoms with Gasteiger partial charge in [0.25, 0.3) is 5.91 Å². The molecule has 0 saturated carbocycles. The molecule has 0 aromatic carbocycles. The van der Waals surface area contributed by atoms with Crippen molar-refractivity contribution in [3.05, 3.63) is 0 Å². The molecule has 1 aliphatic rings. The van der Waals surface area contributed by atoms with Crippen LogP contribution in [0.25, 0.3) is 0 Å². The molecule has 1 heterocycles. The summed E-state index contributed by atoms with van der Waals surface area (Å²) >= 11 is 0. The molecule has 0 radical (unpaired) electrons. The predicted molar refractivity (Wildman–Crippen MR) is 44.2 cm³/mol. The molecule has 0 atom stereocenters. The maximum absolute atomic E-state index is 10.9. The summed E-state index contributed by atoms with van der Waals surface area (Å²) in [6, 6.07) is -0.457. The van der Waals surface area contributed by atoms with E-state index in [1.54, 1.807) is 0 Å². The van der Waals surface area contributed by atoms with Crippen LogP contribution in [-0.4, -0.2) is 55.1 Å². The van der Waals surface area contributed by atoms with E-state index in [1.807, 2.05) is 19.0 Å². The number of urea groups is 1. The van der Waals surface area contributed by atoms with Gasteiger partial charge in [0.2, 0.25) is 0 Å². The number of aliphatic imine (C=N–C) groups is 1. The van der Waals surface area contributed by atoms with E-state index < -0.39 is 6.03 Å². The maximum Gasteiger partial charge on any atom is 0.350 e. The number of imide groups is 1. The van der Waals surface area contributed by atoms with Crippen molar-refractivity contribution in [2.75, 3.05) is 27.2 Å². The van der Waals surface area contributed by atoms with E-state index in [9.17, 15) is 9.59 Å². The molecule has 0 fully saturated rings. The first-order chi connectivity index (χ1) is 5.61. The van der Waals surface area contributed by atoms with E-state index in [0.29, 0.717) is 13.1 Å². The van der Waals surface area contributed by atoms with Crippen LogP contribution >= 0.6 is 0 Å². The number of likely N-dealkylation sites (N-methyl/N-ethyl adjacent to an activating group) is 1. The standard InChI is InChI=1S/C7H11N3O2/c1-9(2)3-4-10-6(11)5-8-7(10)12/h5H,3-4H2,1-2H3. The van der Waals surface area contributed by atoms with Gasteiger partial charge < -0.3 is 4.90 Å². The monoisotopic (exact) mass is 169 g/mol. The highest BCUT2D eigenvalue weighted by atomic mass is 16.2. The van der Waals surface area contributed by atoms with E-state index in [2.05, 4.69) is 4.99 Å². The minimum absolute atomic E-state index is 0.318. The van der Waals surface area contributed by atoms with Gasteiger partial charge in [-0.15, -0.1) is 0 Å². The third-order valence-corrected chi connectivity index (χ3v) is 1.55. The smallest absolute Gasteiger partial charge is 0.308 e. The van der Waals surface area contributed by atoms with E-state index in [0.717, 1.165) is 11.1 Å². The molecule has 0 bridgehead atoms. The number of nitrogens with zero attached hydrogens (tertiary/aromatic N) is 3. The first-order valence-electron chi connectivity index (χ1n) is 3.65. The average molecular weight is 169 g/mol. The third-order valence-electron chi connectivity index (χ3n) is 1.55. The summed E-state index contributed by atoms with van der Waals surface area (Å²) in [6.07, 6.45) is 1.05. The van der Waals surface area contributed by atoms with Crippen LogP contribution in [-0.2, 0) is 4.79 Å². The largest absolute Gasteiger partial charge is 0.350 e. The van der Waals surface area contributed by atoms with Crippen molar-refractivity contribution in [1.29, 1.82) is 0 Å². The van der Waals surface area contributed by atoms with Gasteiger partial charge in [0.1, 0.15) is 0 Å². The SMILES string of the molecule is CN(C)CCN1C(=O)C=NC1=O. The highest BCUT2D eigenvalue weighted by Crippen LogP contribution is 2.00. The summed E-state index contributed by atoms with van der Waals surface area (Å²) in [5.41, 5.74) is 0. The second-order valence-corrected chi connectivity index (χ2v) is 2.83. The highest BCUT2D eigenvalue weighted by Gasteiger charge is 2.24. The van der Waals surface area contributed by atoms with Crippen LogP contribution in [0.2, 0.25) is 0 Å². The molecular weight excluding hydrogens is 158 g/mol. The topological polar surface area (TPSA) is 53.0 Å². The molecule has 0 unspecified atom stereocenters. The van der Waals surface area contributed by atoms with Crippen molar-refractivity contribution >= 4 is 18.2 Å². The molecule has 0 saturated heterocycles. The van der Waals surface area contributed by atoms with Crippen LogP contribution in [0.15, 0.2) is 4.99 Å². The number of amides is 3. The van der Waals surface area contributed by atoms with E-state index in [1.165, 1.54) is 0 Å². The van der Waals surface area contributed by atoms with Gasteiger partial charge >= 0.3 is 6.03 Å². The molecule has 66 valence electrons. The first-order valence-corrected chi connectivity index (χ1v) is 3.65. The van der Waals surface area contributed by atoms with E-state index in [4.69, 9.17) is 0 Å². The number of carbonyl (C=O) groups excluding carboxylic acids is 2. The fourth-order valence-corrected chi connectivity index (χ4v) is 0.850. The van der Waals surface area contributed by atoms with Crippen LogP contribution in [0.4, 0.5) is 4.79 Å². The Morgan fingerprint density at radius 1 is 1.50 bits per heavy atom. The maximum atomic E-state index is 10.9. The lowest BCUT2D eigenvalue weighted by atomic mass is 10.5. The van der Waals surface area contributed by atoms with E-state index >= 15 is 0 Å². The molecule has 0 aromatic rings. The molecule has 5 nitrogen and oxygen atoms in total. The summed E-state index contributed by atoms with van der Waals surface area (Å²) < 4.78 is 0. The Morgan fingerprint density at radius 2 is 2.17 bits per heavy atom. The third kappa shape index (κ3) is 1.88. The number of carbonyl (C=O) groups is 2. The first kappa shape index (κ1) is 8.86. The van der Waals surface area contributed by atoms with Gasteiger partial charge in [0.05, 0.1) is 6.21 Å². The highest BCUT2D eigenvalue weighted by molar-refractivity contribution is 6.35. The van der Waals surface area contributed by atoms with Crippen molar-refractivity contribution < 1.29 is 9.59 Å². The number of hydrogen-bond acceptors (Lipinski definition) is 3. The zero-order valence-electron chi connectivity index (χ0n) is 7.15. The predicted octanol–water partition coefficient (Wildman–Crippen LogP) is -0.419. The molecule has 0 spiro atoms. The Hall–Kier alpha value is -1.23. The van der Waals surface area contributed by atoms with Crippen molar-refractivity contribution in [3.63, 3.8) is 0 Å². The van der Waals surface area contributed by atoms with Gasteiger partial charge in [0, 0.05) is 13.1 Å². The summed E-state index contributed by atoms with van der Waals surface area (Å²) in [7, 11) is 3.76. The summed E-state index contributed by atoms with van der Waals surface area (Å²) in [4.78, 5) is 28.2. The van der Waals surface area contributed by atoms with Crippen LogP contribution in [0.1, 0.15) is 0 Å². The molecular formula is C7H11N3O2. The average Bonchev–Trinajstić information content (AvgIpc) is 2.28. The van der Waals surface area contributed by atoms with Crippen LogP contribution in [0.5, 0.6) is 0 Å². The minimum Gasteiger partial charge on any atom is -0.308 e. The normalized spacial score (nSPS) is 16.8. The Balaban J connectivity index is 2.43. The van der Waals surface area contributed by atoms with Gasteiger partial charge in [-0.1, -0.05) is 0 Å². The van der Waals surface area contributed by atoms with Gasteiger partial charge in [0.15, 0.2) is 0 Å². The lowest BCUT2D eigenvalue weighted by Gasteiger charge is -2.15. The van der Waals surface area contributed by atoms with Crippen molar-refractivity contribution in [1.82, 2.24) is 9.80 Å². The Morgan fingerprint density at radius 3 is 2.58 bits per heavy atom. The van der Waals surface area contributed by atoms with Crippen molar-refractivity contribution in [2.24, 2.45) is 4.99 Å². The van der Waals surface area contributed by atoms with Crippen molar-refractivity contribution in [3.8, 4) is 0 Å². The molecule has 12 heavy (non-hydrogen) atoms. The van der Waals surface area contributed by atoms with E-state index in [-0.39, 0.29) is 5.91 Å². The zero-order chi connectivity index (χ0) is 9.14. The summed E-state index contributed by atoms with van der Waals surface area (Å²) in [5.74, 6) is -0.318. The summed E-state index contributed by atoms with van der Waals surface area (Å²) in [6.45, 7) is 1.07. The van der Waals surface area contributed by atoms with Gasteiger partial charge in [-0.2, -0.15) is 4.99 Å². The van der Waals surface area contributed by atoms with Gasteiger partial charge in [-0.25, -0.2) is 4.79 Å². The van der Waals surface area contributed by atoms with Gasteiger partial charge in [-0.3, -0.25) is 9.69 Å². The molecule has 3 amide bonds. The number of hydrogen-bond donors (Lipinski definition) is 0. The fraction of sp³-hybridized carbons (Fsp3) is 0.571. The molecule has 0 aromatic heterocycles. The second kappa shape index (κ2) is 3.44. The molecule has 1 aliphatic heterocycles. The molecule has 0 N–H and O–H groups in total. The molecule has 1 rings (SSSR count). The quantitative estimate of drug-likeness (QED) is 0.576. The van der Waals surface area contributed by atoms with Crippen molar-refractivity contribution in [2.45, 2.75) is 0 Å². The molecule has 0 aliphatic carbocycles. The number of rotatable bonds is 3. The fourth-order valence-electron chi connectivity index (χ4n) is 0.850.